The topological polar surface area (TPSA) is 82.1 Å². The Morgan fingerprint density at radius 1 is 1.19 bits per heavy atom. The van der Waals surface area contributed by atoms with Crippen molar-refractivity contribution in [3.63, 3.8) is 0 Å². The van der Waals surface area contributed by atoms with Crippen LogP contribution in [0.5, 0.6) is 0 Å². The minimum atomic E-state index is -0.864. The van der Waals surface area contributed by atoms with Gasteiger partial charge in [0.25, 0.3) is 0 Å². The minimum Gasteiger partial charge on any atom is -0.459 e. The van der Waals surface area contributed by atoms with E-state index in [9.17, 15) is 14.7 Å². The van der Waals surface area contributed by atoms with Gasteiger partial charge in [-0.15, -0.1) is 0 Å². The number of aliphatic hydroxyl groups is 1. The van der Waals surface area contributed by atoms with Crippen LogP contribution in [0.4, 0.5) is 0 Å². The summed E-state index contributed by atoms with van der Waals surface area (Å²) in [5.74, 6) is 0.289. The zero-order chi connectivity index (χ0) is 23.8. The van der Waals surface area contributed by atoms with Crippen molar-refractivity contribution in [3.05, 3.63) is 12.2 Å². The molecule has 182 valence electrons. The smallest absolute Gasteiger partial charge is 0.306 e. The van der Waals surface area contributed by atoms with Crippen LogP contribution in [0.1, 0.15) is 86.5 Å². The molecule has 6 nitrogen and oxygen atoms in total. The first-order chi connectivity index (χ1) is 14.9. The SMILES string of the molecule is C=C1C[C@H]2O[C@H]([C@H]3[C@@H]2[C@](C)(OC(C)=O)CC[C@@H]3C(C)C)[C@@](C)(OC(=O)CCC)CC[C@@H]1O. The van der Waals surface area contributed by atoms with E-state index in [-0.39, 0.29) is 36.0 Å². The van der Waals surface area contributed by atoms with E-state index in [0.29, 0.717) is 43.9 Å². The summed E-state index contributed by atoms with van der Waals surface area (Å²) < 4.78 is 18.9. The Hall–Kier alpha value is -1.40. The predicted molar refractivity (Wildman–Crippen MR) is 122 cm³/mol. The molecule has 0 aromatic rings. The highest BCUT2D eigenvalue weighted by Crippen LogP contribution is 2.58. The maximum atomic E-state index is 12.6. The van der Waals surface area contributed by atoms with Crippen molar-refractivity contribution in [2.45, 2.75) is 116 Å². The average molecular weight is 451 g/mol. The first-order valence-corrected chi connectivity index (χ1v) is 12.3. The molecule has 0 aromatic heterocycles. The fraction of sp³-hybridized carbons (Fsp3) is 0.846. The molecule has 1 saturated carbocycles. The minimum absolute atomic E-state index is 0.0520. The molecule has 2 heterocycles. The van der Waals surface area contributed by atoms with Crippen LogP contribution in [0.2, 0.25) is 0 Å². The summed E-state index contributed by atoms with van der Waals surface area (Å²) in [6.07, 6.45) is 3.01. The second kappa shape index (κ2) is 9.46. The lowest BCUT2D eigenvalue weighted by molar-refractivity contribution is -0.183. The lowest BCUT2D eigenvalue weighted by Gasteiger charge is -2.50. The Kier molecular flexibility index (Phi) is 7.45. The second-order valence-corrected chi connectivity index (χ2v) is 11.0. The van der Waals surface area contributed by atoms with Crippen LogP contribution < -0.4 is 0 Å². The van der Waals surface area contributed by atoms with E-state index in [2.05, 4.69) is 20.4 Å². The van der Waals surface area contributed by atoms with Crippen molar-refractivity contribution in [3.8, 4) is 0 Å². The number of hydrogen-bond donors (Lipinski definition) is 1. The molecule has 3 fully saturated rings. The fourth-order valence-corrected chi connectivity index (χ4v) is 6.64. The summed E-state index contributed by atoms with van der Waals surface area (Å²) in [7, 11) is 0. The van der Waals surface area contributed by atoms with Crippen molar-refractivity contribution in [2.24, 2.45) is 23.7 Å². The molecule has 0 radical (unpaired) electrons. The second-order valence-electron chi connectivity index (χ2n) is 11.0. The first-order valence-electron chi connectivity index (χ1n) is 12.3. The van der Waals surface area contributed by atoms with E-state index >= 15 is 0 Å². The monoisotopic (exact) mass is 450 g/mol. The number of aliphatic hydroxyl groups excluding tert-OH is 1. The van der Waals surface area contributed by atoms with Gasteiger partial charge in [0.1, 0.15) is 17.3 Å². The largest absolute Gasteiger partial charge is 0.459 e. The van der Waals surface area contributed by atoms with Crippen LogP contribution in [0, 0.1) is 23.7 Å². The molecule has 0 spiro atoms. The van der Waals surface area contributed by atoms with Crippen molar-refractivity contribution < 1.29 is 28.9 Å². The number of rotatable bonds is 5. The molecule has 8 atom stereocenters. The van der Waals surface area contributed by atoms with Crippen LogP contribution in [-0.2, 0) is 23.8 Å². The zero-order valence-corrected chi connectivity index (χ0v) is 20.7. The molecule has 1 N–H and O–H groups in total. The first kappa shape index (κ1) is 25.2. The molecule has 1 aliphatic carbocycles. The van der Waals surface area contributed by atoms with E-state index in [1.807, 2.05) is 20.8 Å². The lowest BCUT2D eigenvalue weighted by atomic mass is 9.57. The van der Waals surface area contributed by atoms with Gasteiger partial charge in [-0.25, -0.2) is 0 Å². The Labute approximate surface area is 193 Å². The van der Waals surface area contributed by atoms with E-state index in [1.54, 1.807) is 0 Å². The maximum absolute atomic E-state index is 12.6. The Balaban J connectivity index is 2.10. The van der Waals surface area contributed by atoms with Crippen molar-refractivity contribution in [1.82, 2.24) is 0 Å². The Bertz CT molecular complexity index is 732. The number of carbonyl (C=O) groups is 2. The summed E-state index contributed by atoms with van der Waals surface area (Å²) in [6.45, 7) is 16.0. The van der Waals surface area contributed by atoms with Crippen LogP contribution in [0.3, 0.4) is 0 Å². The predicted octanol–water partition coefficient (Wildman–Crippen LogP) is 4.58. The molecule has 2 saturated heterocycles. The fourth-order valence-electron chi connectivity index (χ4n) is 6.64. The number of ether oxygens (including phenoxy) is 3. The standard InChI is InChI=1S/C26H42O6/c1-8-9-21(29)32-26(7)13-11-19(28)16(4)14-20-23-22(24(26)30-20)18(15(2)3)10-12-25(23,6)31-17(5)27/h15,18-20,22-24,28H,4,8-14H2,1-3,5-7H3/t18-,19+,20-,22-,23-,24-,25-,26+/m1/s1. The Morgan fingerprint density at radius 3 is 2.44 bits per heavy atom. The van der Waals surface area contributed by atoms with Gasteiger partial charge in [-0.3, -0.25) is 9.59 Å². The van der Waals surface area contributed by atoms with E-state index in [0.717, 1.165) is 18.4 Å². The summed E-state index contributed by atoms with van der Waals surface area (Å²) >= 11 is 0. The highest BCUT2D eigenvalue weighted by atomic mass is 16.6. The normalized spacial score (nSPS) is 41.9. The van der Waals surface area contributed by atoms with E-state index in [4.69, 9.17) is 14.2 Å². The maximum Gasteiger partial charge on any atom is 0.306 e. The molecule has 3 rings (SSSR count). The summed E-state index contributed by atoms with van der Waals surface area (Å²) in [4.78, 5) is 24.7. The molecule has 0 aromatic carbocycles. The molecular weight excluding hydrogens is 408 g/mol. The van der Waals surface area contributed by atoms with Crippen molar-refractivity contribution in [1.29, 1.82) is 0 Å². The number of carbonyl (C=O) groups excluding carboxylic acids is 2. The molecule has 0 unspecified atom stereocenters. The molecule has 0 amide bonds. The van der Waals surface area contributed by atoms with Crippen LogP contribution in [-0.4, -0.2) is 46.6 Å². The third kappa shape index (κ3) is 4.77. The zero-order valence-electron chi connectivity index (χ0n) is 20.7. The van der Waals surface area contributed by atoms with E-state index in [1.165, 1.54) is 6.92 Å². The average Bonchev–Trinajstić information content (AvgIpc) is 3.07. The van der Waals surface area contributed by atoms with E-state index < -0.39 is 17.3 Å². The molecular formula is C26H42O6. The molecule has 32 heavy (non-hydrogen) atoms. The van der Waals surface area contributed by atoms with Crippen LogP contribution in [0.25, 0.3) is 0 Å². The third-order valence-corrected chi connectivity index (χ3v) is 8.14. The molecule has 2 aliphatic heterocycles. The van der Waals surface area contributed by atoms with Crippen LogP contribution >= 0.6 is 0 Å². The molecule has 2 bridgehead atoms. The highest BCUT2D eigenvalue weighted by Gasteiger charge is 2.64. The molecule has 6 heteroatoms. The van der Waals surface area contributed by atoms with Gasteiger partial charge in [0.05, 0.1) is 12.2 Å². The lowest BCUT2D eigenvalue weighted by Crippen LogP contribution is -2.56. The third-order valence-electron chi connectivity index (χ3n) is 8.14. The van der Waals surface area contributed by atoms with Gasteiger partial charge in [0.2, 0.25) is 0 Å². The van der Waals surface area contributed by atoms with Gasteiger partial charge < -0.3 is 19.3 Å². The quantitative estimate of drug-likeness (QED) is 0.488. The van der Waals surface area contributed by atoms with Gasteiger partial charge in [0, 0.05) is 25.2 Å². The van der Waals surface area contributed by atoms with Crippen molar-refractivity contribution >= 4 is 11.9 Å². The highest BCUT2D eigenvalue weighted by molar-refractivity contribution is 5.70. The van der Waals surface area contributed by atoms with Gasteiger partial charge >= 0.3 is 11.9 Å². The summed E-state index contributed by atoms with van der Waals surface area (Å²) in [6, 6.07) is 0. The Morgan fingerprint density at radius 2 is 1.84 bits per heavy atom. The number of esters is 2. The summed E-state index contributed by atoms with van der Waals surface area (Å²) in [5, 5.41) is 10.7. The molecule has 3 aliphatic rings. The van der Waals surface area contributed by atoms with Gasteiger partial charge in [-0.2, -0.15) is 0 Å². The van der Waals surface area contributed by atoms with Crippen molar-refractivity contribution in [2.75, 3.05) is 0 Å². The number of hydrogen-bond acceptors (Lipinski definition) is 6. The van der Waals surface area contributed by atoms with Crippen LogP contribution in [0.15, 0.2) is 12.2 Å². The number of fused-ring (bicyclic) bond motifs is 5. The summed E-state index contributed by atoms with van der Waals surface area (Å²) in [5.41, 5.74) is -0.799. The van der Waals surface area contributed by atoms with Gasteiger partial charge in [0.15, 0.2) is 0 Å². The van der Waals surface area contributed by atoms with Gasteiger partial charge in [-0.05, 0) is 69.8 Å². The van der Waals surface area contributed by atoms with Gasteiger partial charge in [-0.1, -0.05) is 27.4 Å².